The molecule has 0 aliphatic carbocycles. The minimum absolute atomic E-state index is 0.0217. The first kappa shape index (κ1) is 26.8. The third-order valence-electron chi connectivity index (χ3n) is 7.41. The molecular weight excluding hydrogens is 537 g/mol. The van der Waals surface area contributed by atoms with Crippen molar-refractivity contribution in [3.63, 3.8) is 0 Å². The van der Waals surface area contributed by atoms with E-state index < -0.39 is 23.7 Å². The molecule has 0 radical (unpaired) electrons. The topological polar surface area (TPSA) is 85.0 Å². The second kappa shape index (κ2) is 10.5. The summed E-state index contributed by atoms with van der Waals surface area (Å²) in [7, 11) is 1.98. The van der Waals surface area contributed by atoms with Gasteiger partial charge in [0.1, 0.15) is 23.7 Å². The molecule has 212 valence electrons. The van der Waals surface area contributed by atoms with Crippen molar-refractivity contribution >= 4 is 34.3 Å². The van der Waals surface area contributed by atoms with Gasteiger partial charge in [0.2, 0.25) is 0 Å². The average molecular weight is 565 g/mol. The average Bonchev–Trinajstić information content (AvgIpc) is 3.55. The summed E-state index contributed by atoms with van der Waals surface area (Å²) in [6.07, 6.45) is -1.24. The van der Waals surface area contributed by atoms with Crippen molar-refractivity contribution in [1.29, 1.82) is 0 Å². The van der Waals surface area contributed by atoms with Crippen LogP contribution in [-0.2, 0) is 17.5 Å². The molecular formula is C29H27F3N6O3. The van der Waals surface area contributed by atoms with Crippen molar-refractivity contribution < 1.29 is 27.5 Å². The first-order valence-electron chi connectivity index (χ1n) is 13.1. The number of aromatic nitrogens is 2. The number of halogens is 3. The number of urea groups is 1. The highest BCUT2D eigenvalue weighted by molar-refractivity contribution is 6.27. The van der Waals surface area contributed by atoms with Gasteiger partial charge in [-0.3, -0.25) is 14.6 Å². The lowest BCUT2D eigenvalue weighted by Gasteiger charge is -2.33. The fourth-order valence-corrected chi connectivity index (χ4v) is 5.15. The van der Waals surface area contributed by atoms with Gasteiger partial charge in [0.15, 0.2) is 0 Å². The highest BCUT2D eigenvalue weighted by atomic mass is 19.4. The second-order valence-corrected chi connectivity index (χ2v) is 10.2. The molecule has 12 heteroatoms. The normalized spacial score (nSPS) is 17.2. The van der Waals surface area contributed by atoms with Crippen molar-refractivity contribution in [2.24, 2.45) is 0 Å². The Morgan fingerprint density at radius 3 is 2.41 bits per heavy atom. The van der Waals surface area contributed by atoms with Crippen LogP contribution < -0.4 is 14.5 Å². The number of fused-ring (bicyclic) bond motifs is 1. The van der Waals surface area contributed by atoms with E-state index in [1.807, 2.05) is 18.0 Å². The predicted molar refractivity (Wildman–Crippen MR) is 147 cm³/mol. The van der Waals surface area contributed by atoms with E-state index in [0.29, 0.717) is 35.9 Å². The predicted octanol–water partition coefficient (Wildman–Crippen LogP) is 5.09. The lowest BCUT2D eigenvalue weighted by molar-refractivity contribution is -0.138. The molecule has 1 N–H and O–H groups in total. The van der Waals surface area contributed by atoms with E-state index in [0.717, 1.165) is 34.3 Å². The van der Waals surface area contributed by atoms with Gasteiger partial charge in [-0.15, -0.1) is 0 Å². The fourth-order valence-electron chi connectivity index (χ4n) is 5.15. The van der Waals surface area contributed by atoms with Crippen LogP contribution in [0.4, 0.5) is 29.3 Å². The van der Waals surface area contributed by atoms with E-state index in [1.54, 1.807) is 42.7 Å². The summed E-state index contributed by atoms with van der Waals surface area (Å²) in [6, 6.07) is 13.0. The molecule has 4 aromatic rings. The Kier molecular flexibility index (Phi) is 6.88. The van der Waals surface area contributed by atoms with Crippen molar-refractivity contribution in [2.45, 2.75) is 12.7 Å². The number of nitrogens with zero attached hydrogens (tertiary/aromatic N) is 5. The number of hydrogen-bond acceptors (Lipinski definition) is 6. The summed E-state index contributed by atoms with van der Waals surface area (Å²) in [5.74, 6) is 0.520. The summed E-state index contributed by atoms with van der Waals surface area (Å²) in [4.78, 5) is 39.6. The molecule has 2 aliphatic heterocycles. The molecule has 0 spiro atoms. The minimum atomic E-state index is -4.61. The lowest BCUT2D eigenvalue weighted by atomic mass is 10.0. The molecule has 0 saturated carbocycles. The molecule has 2 fully saturated rings. The van der Waals surface area contributed by atoms with Crippen LogP contribution in [0.1, 0.15) is 11.1 Å². The van der Waals surface area contributed by atoms with Crippen LogP contribution in [0.2, 0.25) is 0 Å². The van der Waals surface area contributed by atoms with E-state index in [-0.39, 0.29) is 24.3 Å². The molecule has 41 heavy (non-hydrogen) atoms. The van der Waals surface area contributed by atoms with Crippen molar-refractivity contribution in [1.82, 2.24) is 19.8 Å². The number of ether oxygens (including phenoxy) is 1. The number of carbonyl (C=O) groups is 2. The summed E-state index contributed by atoms with van der Waals surface area (Å²) in [6.45, 7) is 2.71. The standard InChI is InChI=1S/C29H27F3N6O3/c1-35-12-14-36(15-13-35)17-19-2-3-21(16-24(19)29(30,31)32)37-18-26(39)38(28(37)40)20-4-6-22(7-5-20)41-25-9-11-34-27-23(25)8-10-33-27/h2-11,16H,12-15,17-18H2,1H3,(H,33,34). The summed E-state index contributed by atoms with van der Waals surface area (Å²) in [5, 5.41) is 0.796. The number of amides is 3. The highest BCUT2D eigenvalue weighted by Crippen LogP contribution is 2.37. The molecule has 4 heterocycles. The molecule has 9 nitrogen and oxygen atoms in total. The van der Waals surface area contributed by atoms with Crippen molar-refractivity contribution in [3.05, 3.63) is 78.1 Å². The zero-order chi connectivity index (χ0) is 28.7. The first-order valence-corrected chi connectivity index (χ1v) is 13.1. The van der Waals surface area contributed by atoms with Gasteiger partial charge in [-0.2, -0.15) is 13.2 Å². The Balaban J connectivity index is 1.20. The van der Waals surface area contributed by atoms with Crippen molar-refractivity contribution in [3.8, 4) is 11.5 Å². The number of likely N-dealkylation sites (N-methyl/N-ethyl adjacent to an activating group) is 1. The van der Waals surface area contributed by atoms with Gasteiger partial charge < -0.3 is 14.6 Å². The van der Waals surface area contributed by atoms with Crippen LogP contribution in [-0.4, -0.2) is 71.5 Å². The van der Waals surface area contributed by atoms with Gasteiger partial charge in [-0.25, -0.2) is 14.7 Å². The number of carbonyl (C=O) groups excluding carboxylic acids is 2. The third-order valence-corrected chi connectivity index (χ3v) is 7.41. The van der Waals surface area contributed by atoms with Gasteiger partial charge in [-0.1, -0.05) is 6.07 Å². The number of nitrogens with one attached hydrogen (secondary N) is 1. The number of anilines is 2. The number of pyridine rings is 1. The SMILES string of the molecule is CN1CCN(Cc2ccc(N3CC(=O)N(c4ccc(Oc5ccnc6[nH]ccc56)cc4)C3=O)cc2C(F)(F)F)CC1. The van der Waals surface area contributed by atoms with Crippen LogP contribution in [0, 0.1) is 0 Å². The number of benzene rings is 2. The molecule has 0 unspecified atom stereocenters. The van der Waals surface area contributed by atoms with E-state index in [2.05, 4.69) is 14.9 Å². The number of rotatable bonds is 6. The maximum atomic E-state index is 14.1. The second-order valence-electron chi connectivity index (χ2n) is 10.2. The zero-order valence-corrected chi connectivity index (χ0v) is 22.2. The summed E-state index contributed by atoms with van der Waals surface area (Å²) < 4.78 is 48.2. The van der Waals surface area contributed by atoms with Gasteiger partial charge >= 0.3 is 12.2 Å². The Bertz CT molecular complexity index is 1600. The summed E-state index contributed by atoms with van der Waals surface area (Å²) >= 11 is 0. The van der Waals surface area contributed by atoms with E-state index in [1.165, 1.54) is 12.1 Å². The first-order chi connectivity index (χ1) is 19.7. The number of imide groups is 1. The summed E-state index contributed by atoms with van der Waals surface area (Å²) in [5.41, 5.74) is 0.324. The maximum Gasteiger partial charge on any atom is 0.416 e. The van der Waals surface area contributed by atoms with Crippen LogP contribution >= 0.6 is 0 Å². The lowest BCUT2D eigenvalue weighted by Crippen LogP contribution is -2.44. The molecule has 2 saturated heterocycles. The number of H-pyrrole nitrogens is 1. The fraction of sp³-hybridized carbons (Fsp3) is 0.276. The quantitative estimate of drug-likeness (QED) is 0.329. The van der Waals surface area contributed by atoms with E-state index >= 15 is 0 Å². The van der Waals surface area contributed by atoms with Crippen molar-refractivity contribution in [2.75, 3.05) is 49.6 Å². The van der Waals surface area contributed by atoms with Crippen LogP contribution in [0.25, 0.3) is 11.0 Å². The van der Waals surface area contributed by atoms with Crippen LogP contribution in [0.15, 0.2) is 67.0 Å². The molecule has 0 bridgehead atoms. The Labute approximate surface area is 233 Å². The number of hydrogen-bond donors (Lipinski definition) is 1. The van der Waals surface area contributed by atoms with Gasteiger partial charge in [-0.05, 0) is 61.1 Å². The smallest absolute Gasteiger partial charge is 0.416 e. The Morgan fingerprint density at radius 1 is 0.951 bits per heavy atom. The molecule has 2 aromatic carbocycles. The van der Waals surface area contributed by atoms with Crippen LogP contribution in [0.5, 0.6) is 11.5 Å². The van der Waals surface area contributed by atoms with Gasteiger partial charge in [0.25, 0.3) is 5.91 Å². The Morgan fingerprint density at radius 2 is 1.68 bits per heavy atom. The van der Waals surface area contributed by atoms with Crippen LogP contribution in [0.3, 0.4) is 0 Å². The largest absolute Gasteiger partial charge is 0.457 e. The van der Waals surface area contributed by atoms with Gasteiger partial charge in [0, 0.05) is 50.8 Å². The molecule has 2 aliphatic rings. The van der Waals surface area contributed by atoms with E-state index in [4.69, 9.17) is 4.74 Å². The minimum Gasteiger partial charge on any atom is -0.457 e. The van der Waals surface area contributed by atoms with Gasteiger partial charge in [0.05, 0.1) is 16.6 Å². The number of aromatic amines is 1. The molecule has 2 aromatic heterocycles. The zero-order valence-electron chi connectivity index (χ0n) is 22.2. The molecule has 3 amide bonds. The number of alkyl halides is 3. The highest BCUT2D eigenvalue weighted by Gasteiger charge is 2.40. The van der Waals surface area contributed by atoms with E-state index in [9.17, 15) is 22.8 Å². The monoisotopic (exact) mass is 564 g/mol. The third kappa shape index (κ3) is 5.35. The molecule has 6 rings (SSSR count). The number of piperazine rings is 1. The Hall–Kier alpha value is -4.42. The molecule has 0 atom stereocenters. The maximum absolute atomic E-state index is 14.1.